The molecule has 0 aliphatic carbocycles. The van der Waals surface area contributed by atoms with Gasteiger partial charge in [-0.25, -0.2) is 4.39 Å². The molecule has 2 aromatic rings. The van der Waals surface area contributed by atoms with E-state index in [-0.39, 0.29) is 17.7 Å². The van der Waals surface area contributed by atoms with Crippen LogP contribution in [-0.2, 0) is 0 Å². The molecule has 2 N–H and O–H groups in total. The van der Waals surface area contributed by atoms with Gasteiger partial charge in [0.05, 0.1) is 11.6 Å². The predicted octanol–water partition coefficient (Wildman–Crippen LogP) is 2.20. The van der Waals surface area contributed by atoms with Crippen molar-refractivity contribution in [3.63, 3.8) is 0 Å². The lowest BCUT2D eigenvalue weighted by Crippen LogP contribution is -2.04. The number of hydrogen-bond donors (Lipinski definition) is 1. The van der Waals surface area contributed by atoms with Gasteiger partial charge in [-0.15, -0.1) is 10.2 Å². The van der Waals surface area contributed by atoms with Gasteiger partial charge in [-0.3, -0.25) is 0 Å². The number of aromatic nitrogens is 2. The average molecular weight is 221 g/mol. The van der Waals surface area contributed by atoms with E-state index in [9.17, 15) is 4.39 Å². The fourth-order valence-electron chi connectivity index (χ4n) is 1.34. The quantitative estimate of drug-likeness (QED) is 0.844. The monoisotopic (exact) mass is 221 g/mol. The molecule has 0 radical (unpaired) electrons. The van der Waals surface area contributed by atoms with E-state index in [0.717, 1.165) is 0 Å². The van der Waals surface area contributed by atoms with Gasteiger partial charge in [-0.2, -0.15) is 0 Å². The van der Waals surface area contributed by atoms with E-state index in [4.69, 9.17) is 10.2 Å². The number of hydrogen-bond acceptors (Lipinski definition) is 4. The van der Waals surface area contributed by atoms with Crippen LogP contribution < -0.4 is 5.73 Å². The maximum absolute atomic E-state index is 13.7. The van der Waals surface area contributed by atoms with Crippen molar-refractivity contribution < 1.29 is 8.81 Å². The molecule has 1 heterocycles. The third kappa shape index (κ3) is 1.81. The zero-order valence-corrected chi connectivity index (χ0v) is 9.07. The van der Waals surface area contributed by atoms with Crippen molar-refractivity contribution in [2.24, 2.45) is 5.73 Å². The summed E-state index contributed by atoms with van der Waals surface area (Å²) < 4.78 is 19.0. The Bertz CT molecular complexity index is 508. The topological polar surface area (TPSA) is 64.9 Å². The molecule has 2 rings (SSSR count). The van der Waals surface area contributed by atoms with E-state index in [1.54, 1.807) is 32.0 Å². The SMILES string of the molecule is Cc1cccc(-c2nnc(C(C)N)o2)c1F. The number of nitrogens with two attached hydrogens (primary N) is 1. The van der Waals surface area contributed by atoms with Gasteiger partial charge in [0.2, 0.25) is 5.89 Å². The number of rotatable bonds is 2. The summed E-state index contributed by atoms with van der Waals surface area (Å²) in [7, 11) is 0. The molecular formula is C11H12FN3O. The maximum Gasteiger partial charge on any atom is 0.250 e. The second-order valence-electron chi connectivity index (χ2n) is 3.67. The minimum Gasteiger partial charge on any atom is -0.419 e. The van der Waals surface area contributed by atoms with Crippen molar-refractivity contribution >= 4 is 0 Å². The second kappa shape index (κ2) is 4.02. The van der Waals surface area contributed by atoms with E-state index in [2.05, 4.69) is 10.2 Å². The first-order chi connectivity index (χ1) is 7.59. The first kappa shape index (κ1) is 10.8. The Morgan fingerprint density at radius 2 is 2.12 bits per heavy atom. The van der Waals surface area contributed by atoms with Crippen molar-refractivity contribution in [1.29, 1.82) is 0 Å². The van der Waals surface area contributed by atoms with Crippen LogP contribution in [0.1, 0.15) is 24.4 Å². The van der Waals surface area contributed by atoms with Gasteiger partial charge in [0, 0.05) is 0 Å². The van der Waals surface area contributed by atoms with Crippen LogP contribution >= 0.6 is 0 Å². The first-order valence-electron chi connectivity index (χ1n) is 4.94. The van der Waals surface area contributed by atoms with Crippen LogP contribution in [0.4, 0.5) is 4.39 Å². The van der Waals surface area contributed by atoms with Crippen LogP contribution in [0, 0.1) is 12.7 Å². The highest BCUT2D eigenvalue weighted by Gasteiger charge is 2.15. The Kier molecular flexibility index (Phi) is 2.70. The van der Waals surface area contributed by atoms with E-state index in [0.29, 0.717) is 17.0 Å². The molecule has 0 bridgehead atoms. The van der Waals surface area contributed by atoms with Crippen molar-refractivity contribution in [1.82, 2.24) is 10.2 Å². The molecule has 0 aliphatic heterocycles. The van der Waals surface area contributed by atoms with Crippen LogP contribution in [0.15, 0.2) is 22.6 Å². The summed E-state index contributed by atoms with van der Waals surface area (Å²) in [5.74, 6) is 0.117. The minimum atomic E-state index is -0.353. The highest BCUT2D eigenvalue weighted by atomic mass is 19.1. The summed E-state index contributed by atoms with van der Waals surface area (Å²) in [5, 5.41) is 7.53. The van der Waals surface area contributed by atoms with E-state index in [1.807, 2.05) is 0 Å². The number of nitrogens with zero attached hydrogens (tertiary/aromatic N) is 2. The molecule has 84 valence electrons. The maximum atomic E-state index is 13.7. The largest absolute Gasteiger partial charge is 0.419 e. The molecule has 16 heavy (non-hydrogen) atoms. The molecule has 0 amide bonds. The number of halogens is 1. The molecular weight excluding hydrogens is 209 g/mol. The zero-order valence-electron chi connectivity index (χ0n) is 9.07. The van der Waals surface area contributed by atoms with E-state index < -0.39 is 0 Å². The molecule has 1 unspecified atom stereocenters. The molecule has 1 aromatic carbocycles. The number of aryl methyl sites for hydroxylation is 1. The van der Waals surface area contributed by atoms with Gasteiger partial charge in [-0.1, -0.05) is 12.1 Å². The van der Waals surface area contributed by atoms with Crippen LogP contribution in [-0.4, -0.2) is 10.2 Å². The van der Waals surface area contributed by atoms with Crippen molar-refractivity contribution in [2.75, 3.05) is 0 Å². The van der Waals surface area contributed by atoms with Crippen molar-refractivity contribution in [2.45, 2.75) is 19.9 Å². The Morgan fingerprint density at radius 3 is 2.75 bits per heavy atom. The minimum absolute atomic E-state index is 0.161. The zero-order chi connectivity index (χ0) is 11.7. The summed E-state index contributed by atoms with van der Waals surface area (Å²) >= 11 is 0. The number of benzene rings is 1. The molecule has 0 aliphatic rings. The first-order valence-corrected chi connectivity index (χ1v) is 4.94. The van der Waals surface area contributed by atoms with Crippen LogP contribution in [0.5, 0.6) is 0 Å². The fraction of sp³-hybridized carbons (Fsp3) is 0.273. The van der Waals surface area contributed by atoms with Gasteiger partial charge in [0.25, 0.3) is 5.89 Å². The smallest absolute Gasteiger partial charge is 0.250 e. The van der Waals surface area contributed by atoms with Gasteiger partial charge < -0.3 is 10.2 Å². The van der Waals surface area contributed by atoms with E-state index >= 15 is 0 Å². The Hall–Kier alpha value is -1.75. The van der Waals surface area contributed by atoms with Gasteiger partial charge in [-0.05, 0) is 25.5 Å². The summed E-state index contributed by atoms with van der Waals surface area (Å²) in [5.41, 5.74) is 6.43. The summed E-state index contributed by atoms with van der Waals surface area (Å²) in [6, 6.07) is 4.67. The van der Waals surface area contributed by atoms with Gasteiger partial charge in [0.1, 0.15) is 5.82 Å². The Labute approximate surface area is 92.3 Å². The third-order valence-corrected chi connectivity index (χ3v) is 2.25. The highest BCUT2D eigenvalue weighted by Crippen LogP contribution is 2.24. The molecule has 4 nitrogen and oxygen atoms in total. The molecule has 0 saturated carbocycles. The van der Waals surface area contributed by atoms with E-state index in [1.165, 1.54) is 0 Å². The highest BCUT2D eigenvalue weighted by molar-refractivity contribution is 5.55. The third-order valence-electron chi connectivity index (χ3n) is 2.25. The lowest BCUT2D eigenvalue weighted by molar-refractivity contribution is 0.470. The van der Waals surface area contributed by atoms with Crippen molar-refractivity contribution in [3.8, 4) is 11.5 Å². The molecule has 5 heteroatoms. The summed E-state index contributed by atoms with van der Waals surface area (Å²) in [6.07, 6.45) is 0. The lowest BCUT2D eigenvalue weighted by Gasteiger charge is -2.00. The summed E-state index contributed by atoms with van der Waals surface area (Å²) in [4.78, 5) is 0. The average Bonchev–Trinajstić information content (AvgIpc) is 2.71. The second-order valence-corrected chi connectivity index (χ2v) is 3.67. The van der Waals surface area contributed by atoms with Crippen molar-refractivity contribution in [3.05, 3.63) is 35.5 Å². The van der Waals surface area contributed by atoms with Crippen LogP contribution in [0.2, 0.25) is 0 Å². The Balaban J connectivity index is 2.47. The predicted molar refractivity (Wildman–Crippen MR) is 57.0 cm³/mol. The normalized spacial score (nSPS) is 12.8. The molecule has 1 atom stereocenters. The van der Waals surface area contributed by atoms with Gasteiger partial charge >= 0.3 is 0 Å². The molecule has 1 aromatic heterocycles. The van der Waals surface area contributed by atoms with Crippen LogP contribution in [0.25, 0.3) is 11.5 Å². The Morgan fingerprint density at radius 1 is 1.38 bits per heavy atom. The molecule has 0 spiro atoms. The fourth-order valence-corrected chi connectivity index (χ4v) is 1.34. The molecule has 0 saturated heterocycles. The van der Waals surface area contributed by atoms with Gasteiger partial charge in [0.15, 0.2) is 0 Å². The molecule has 0 fully saturated rings. The standard InChI is InChI=1S/C11H12FN3O/c1-6-4-3-5-8(9(6)12)11-15-14-10(16-11)7(2)13/h3-5,7H,13H2,1-2H3. The van der Waals surface area contributed by atoms with Crippen LogP contribution in [0.3, 0.4) is 0 Å². The summed E-state index contributed by atoms with van der Waals surface area (Å²) in [6.45, 7) is 3.41. The lowest BCUT2D eigenvalue weighted by atomic mass is 10.1.